The number of hydrogen-bond donors (Lipinski definition) is 2. The van der Waals surface area contributed by atoms with Crippen molar-refractivity contribution in [3.63, 3.8) is 0 Å². The number of rotatable bonds is 7. The molecule has 3 N–H and O–H groups in total. The van der Waals surface area contributed by atoms with E-state index >= 15 is 0 Å². The molecule has 0 aliphatic heterocycles. The van der Waals surface area contributed by atoms with Crippen LogP contribution in [-0.4, -0.2) is 20.0 Å². The van der Waals surface area contributed by atoms with Crippen molar-refractivity contribution in [2.45, 2.75) is 32.6 Å². The zero-order chi connectivity index (χ0) is 16.2. The average Bonchev–Trinajstić information content (AvgIpc) is 2.38. The second kappa shape index (κ2) is 7.33. The van der Waals surface area contributed by atoms with E-state index in [1.54, 1.807) is 18.2 Å². The van der Waals surface area contributed by atoms with Crippen LogP contribution in [0.4, 0.5) is 0 Å². The molecule has 0 fully saturated rings. The van der Waals surface area contributed by atoms with Crippen molar-refractivity contribution in [1.82, 2.24) is 4.72 Å². The molecule has 1 rings (SSSR count). The summed E-state index contributed by atoms with van der Waals surface area (Å²) < 4.78 is 27.4. The molecule has 0 radical (unpaired) electrons. The third-order valence-electron chi connectivity index (χ3n) is 3.65. The van der Waals surface area contributed by atoms with Crippen molar-refractivity contribution in [3.8, 4) is 0 Å². The highest BCUT2D eigenvalue weighted by Gasteiger charge is 2.21. The Morgan fingerprint density at radius 3 is 2.29 bits per heavy atom. The van der Waals surface area contributed by atoms with E-state index in [9.17, 15) is 8.42 Å². The van der Waals surface area contributed by atoms with E-state index in [2.05, 4.69) is 32.4 Å². The molecule has 1 aromatic carbocycles. The number of benzene rings is 1. The molecule has 0 heterocycles. The van der Waals surface area contributed by atoms with Gasteiger partial charge in [-0.15, -0.1) is 0 Å². The Morgan fingerprint density at radius 2 is 1.81 bits per heavy atom. The monoisotopic (exact) mass is 328 g/mol. The summed E-state index contributed by atoms with van der Waals surface area (Å²) in [6, 6.07) is 6.39. The van der Waals surface area contributed by atoms with Gasteiger partial charge in [0.2, 0.25) is 10.0 Å². The van der Waals surface area contributed by atoms with Gasteiger partial charge in [-0.25, -0.2) is 13.1 Å². The molecule has 6 heteroatoms. The molecule has 0 aliphatic carbocycles. The van der Waals surface area contributed by atoms with Crippen LogP contribution in [0.25, 0.3) is 0 Å². The maximum Gasteiger partial charge on any atom is 0.240 e. The van der Waals surface area contributed by atoms with Crippen molar-refractivity contribution < 1.29 is 8.42 Å². The van der Waals surface area contributed by atoms with Crippen LogP contribution in [0.1, 0.15) is 33.3 Å². The third kappa shape index (κ3) is 5.05. The molecular weight excluding hydrogens is 304 g/mol. The molecular formula is C15H24N2O2S2. The first-order valence-corrected chi connectivity index (χ1v) is 8.94. The molecule has 1 aromatic rings. The van der Waals surface area contributed by atoms with Gasteiger partial charge in [0.05, 0.1) is 4.90 Å². The van der Waals surface area contributed by atoms with Crippen molar-refractivity contribution in [1.29, 1.82) is 0 Å². The second-order valence-electron chi connectivity index (χ2n) is 5.90. The van der Waals surface area contributed by atoms with Gasteiger partial charge in [-0.3, -0.25) is 0 Å². The van der Waals surface area contributed by atoms with E-state index < -0.39 is 10.0 Å². The van der Waals surface area contributed by atoms with Crippen LogP contribution in [0.15, 0.2) is 29.2 Å². The van der Waals surface area contributed by atoms with Gasteiger partial charge in [0, 0.05) is 12.1 Å². The highest BCUT2D eigenvalue weighted by atomic mass is 32.2. The van der Waals surface area contributed by atoms with Gasteiger partial charge in [0.1, 0.15) is 4.99 Å². The normalized spacial score (nSPS) is 12.3. The lowest BCUT2D eigenvalue weighted by Gasteiger charge is -2.25. The Morgan fingerprint density at radius 1 is 1.24 bits per heavy atom. The van der Waals surface area contributed by atoms with Crippen molar-refractivity contribution in [3.05, 3.63) is 29.8 Å². The van der Waals surface area contributed by atoms with Crippen molar-refractivity contribution in [2.24, 2.45) is 23.5 Å². The number of nitrogens with two attached hydrogens (primary N) is 1. The van der Waals surface area contributed by atoms with Crippen molar-refractivity contribution in [2.75, 3.05) is 6.54 Å². The summed E-state index contributed by atoms with van der Waals surface area (Å²) in [6.07, 6.45) is 0. The fraction of sp³-hybridized carbons (Fsp3) is 0.533. The minimum absolute atomic E-state index is 0.189. The lowest BCUT2D eigenvalue weighted by atomic mass is 9.86. The molecule has 21 heavy (non-hydrogen) atoms. The topological polar surface area (TPSA) is 72.2 Å². The van der Waals surface area contributed by atoms with Gasteiger partial charge in [0.15, 0.2) is 0 Å². The molecule has 4 nitrogen and oxygen atoms in total. The summed E-state index contributed by atoms with van der Waals surface area (Å²) in [4.78, 5) is 0.383. The minimum Gasteiger partial charge on any atom is -0.389 e. The smallest absolute Gasteiger partial charge is 0.240 e. The maximum atomic E-state index is 12.4. The molecule has 0 saturated carbocycles. The summed E-state index contributed by atoms with van der Waals surface area (Å²) in [7, 11) is -3.54. The number of sulfonamides is 1. The molecule has 0 atom stereocenters. The summed E-state index contributed by atoms with van der Waals surface area (Å²) in [5.41, 5.74) is 6.10. The number of nitrogens with one attached hydrogen (secondary N) is 1. The molecule has 0 unspecified atom stereocenters. The number of thiocarbonyl (C=S) groups is 1. The summed E-state index contributed by atoms with van der Waals surface area (Å²) in [5, 5.41) is 0. The Bertz CT molecular complexity index is 587. The Kier molecular flexibility index (Phi) is 6.31. The molecule has 0 amide bonds. The van der Waals surface area contributed by atoms with Gasteiger partial charge >= 0.3 is 0 Å². The van der Waals surface area contributed by atoms with Crippen LogP contribution in [-0.2, 0) is 10.0 Å². The highest BCUT2D eigenvalue weighted by molar-refractivity contribution is 7.89. The molecule has 0 spiro atoms. The lowest BCUT2D eigenvalue weighted by molar-refractivity contribution is 0.289. The first kappa shape index (κ1) is 18.1. The molecule has 0 aromatic heterocycles. The van der Waals surface area contributed by atoms with Gasteiger partial charge in [0.25, 0.3) is 0 Å². The Balaban J connectivity index is 2.91. The van der Waals surface area contributed by atoms with Crippen LogP contribution in [0, 0.1) is 17.8 Å². The van der Waals surface area contributed by atoms with Crippen LogP contribution in [0.3, 0.4) is 0 Å². The van der Waals surface area contributed by atoms with Crippen LogP contribution < -0.4 is 10.5 Å². The minimum atomic E-state index is -3.54. The SMILES string of the molecule is CC(C)C(CNS(=O)(=O)c1cccc(C(N)=S)c1)C(C)C. The summed E-state index contributed by atoms with van der Waals surface area (Å²) in [5.74, 6) is 1.12. The zero-order valence-electron chi connectivity index (χ0n) is 13.0. The fourth-order valence-corrected chi connectivity index (χ4v) is 3.59. The zero-order valence-corrected chi connectivity index (χ0v) is 14.6. The van der Waals surface area contributed by atoms with Gasteiger partial charge in [-0.1, -0.05) is 52.0 Å². The summed E-state index contributed by atoms with van der Waals surface area (Å²) >= 11 is 4.88. The Hall–Kier alpha value is -0.980. The van der Waals surface area contributed by atoms with E-state index in [0.29, 0.717) is 29.9 Å². The molecule has 0 aliphatic rings. The van der Waals surface area contributed by atoms with Gasteiger partial charge in [-0.2, -0.15) is 0 Å². The van der Waals surface area contributed by atoms with Gasteiger partial charge < -0.3 is 5.73 Å². The highest BCUT2D eigenvalue weighted by Crippen LogP contribution is 2.20. The largest absolute Gasteiger partial charge is 0.389 e. The Labute approximate surface area is 133 Å². The molecule has 118 valence electrons. The van der Waals surface area contributed by atoms with E-state index in [4.69, 9.17) is 18.0 Å². The predicted molar refractivity (Wildman–Crippen MR) is 90.7 cm³/mol. The van der Waals surface area contributed by atoms with E-state index in [-0.39, 0.29) is 9.88 Å². The average molecular weight is 329 g/mol. The van der Waals surface area contributed by atoms with E-state index in [1.165, 1.54) is 6.07 Å². The predicted octanol–water partition coefficient (Wildman–Crippen LogP) is 2.53. The van der Waals surface area contributed by atoms with Gasteiger partial charge in [-0.05, 0) is 29.9 Å². The number of hydrogen-bond acceptors (Lipinski definition) is 3. The quantitative estimate of drug-likeness (QED) is 0.755. The standard InChI is InChI=1S/C15H24N2O2S2/c1-10(2)14(11(3)4)9-17-21(18,19)13-7-5-6-12(8-13)15(16)20/h5-8,10-11,14,17H,9H2,1-4H3,(H2,16,20). The fourth-order valence-electron chi connectivity index (χ4n) is 2.35. The molecule has 0 saturated heterocycles. The lowest BCUT2D eigenvalue weighted by Crippen LogP contribution is -2.34. The third-order valence-corrected chi connectivity index (χ3v) is 5.31. The van der Waals surface area contributed by atoms with E-state index in [0.717, 1.165) is 0 Å². The van der Waals surface area contributed by atoms with Crippen LogP contribution in [0.5, 0.6) is 0 Å². The van der Waals surface area contributed by atoms with Crippen LogP contribution >= 0.6 is 12.2 Å². The summed E-state index contributed by atoms with van der Waals surface area (Å²) in [6.45, 7) is 8.84. The molecule has 0 bridgehead atoms. The van der Waals surface area contributed by atoms with Crippen LogP contribution in [0.2, 0.25) is 0 Å². The van der Waals surface area contributed by atoms with Crippen molar-refractivity contribution >= 4 is 27.2 Å². The van der Waals surface area contributed by atoms with E-state index in [1.807, 2.05) is 0 Å². The first-order valence-electron chi connectivity index (χ1n) is 7.04. The first-order chi connectivity index (χ1) is 9.65. The second-order valence-corrected chi connectivity index (χ2v) is 8.10. The maximum absolute atomic E-state index is 12.4.